The third kappa shape index (κ3) is 10.0. The van der Waals surface area contributed by atoms with E-state index in [2.05, 4.69) is 17.6 Å². The second-order valence-corrected chi connectivity index (χ2v) is 6.56. The average Bonchev–Trinajstić information content (AvgIpc) is 2.53. The minimum atomic E-state index is 0.734. The highest BCUT2D eigenvalue weighted by Crippen LogP contribution is 2.09. The molecule has 0 aliphatic carbocycles. The maximum absolute atomic E-state index is 5.86. The first-order valence-electron chi connectivity index (χ1n) is 8.48. The van der Waals surface area contributed by atoms with Crippen LogP contribution in [0.3, 0.4) is 0 Å². The number of benzene rings is 1. The van der Waals surface area contributed by atoms with Crippen molar-refractivity contribution >= 4 is 28.9 Å². The molecular formula is C18H29ClN2S. The van der Waals surface area contributed by atoms with E-state index in [1.54, 1.807) is 0 Å². The zero-order valence-corrected chi connectivity index (χ0v) is 15.2. The van der Waals surface area contributed by atoms with E-state index in [1.165, 1.54) is 56.9 Å². The molecule has 0 amide bonds. The molecule has 124 valence electrons. The number of nitrogens with one attached hydrogen (secondary N) is 2. The normalized spacial score (nSPS) is 10.5. The highest BCUT2D eigenvalue weighted by molar-refractivity contribution is 7.80. The van der Waals surface area contributed by atoms with Gasteiger partial charge in [-0.25, -0.2) is 0 Å². The van der Waals surface area contributed by atoms with Crippen molar-refractivity contribution in [3.05, 3.63) is 34.9 Å². The Balaban J connectivity index is 1.94. The largest absolute Gasteiger partial charge is 0.363 e. The molecule has 0 aromatic heterocycles. The van der Waals surface area contributed by atoms with Crippen LogP contribution in [-0.2, 0) is 6.54 Å². The van der Waals surface area contributed by atoms with E-state index >= 15 is 0 Å². The van der Waals surface area contributed by atoms with Crippen molar-refractivity contribution < 1.29 is 0 Å². The first-order valence-corrected chi connectivity index (χ1v) is 9.27. The number of rotatable bonds is 11. The lowest BCUT2D eigenvalue weighted by Gasteiger charge is -2.10. The fourth-order valence-electron chi connectivity index (χ4n) is 2.31. The van der Waals surface area contributed by atoms with E-state index < -0.39 is 0 Å². The molecule has 1 aromatic rings. The van der Waals surface area contributed by atoms with Gasteiger partial charge in [-0.1, -0.05) is 75.6 Å². The Morgan fingerprint density at radius 2 is 1.50 bits per heavy atom. The fourth-order valence-corrected chi connectivity index (χ4v) is 2.61. The van der Waals surface area contributed by atoms with Crippen LogP contribution in [0.2, 0.25) is 5.02 Å². The molecule has 2 N–H and O–H groups in total. The molecule has 2 nitrogen and oxygen atoms in total. The van der Waals surface area contributed by atoms with Crippen LogP contribution in [0.4, 0.5) is 0 Å². The number of unbranched alkanes of at least 4 members (excludes halogenated alkanes) is 7. The van der Waals surface area contributed by atoms with Crippen LogP contribution in [0.1, 0.15) is 63.9 Å². The van der Waals surface area contributed by atoms with Gasteiger partial charge in [0.2, 0.25) is 0 Å². The maximum Gasteiger partial charge on any atom is 0.166 e. The van der Waals surface area contributed by atoms with Gasteiger partial charge in [-0.15, -0.1) is 0 Å². The van der Waals surface area contributed by atoms with Crippen LogP contribution in [0.25, 0.3) is 0 Å². The Morgan fingerprint density at radius 1 is 0.909 bits per heavy atom. The fraction of sp³-hybridized carbons (Fsp3) is 0.611. The maximum atomic E-state index is 5.86. The SMILES string of the molecule is CCCCCCCCCCNC(=S)NCc1ccc(Cl)cc1. The lowest BCUT2D eigenvalue weighted by Crippen LogP contribution is -2.35. The standard InChI is InChI=1S/C18H29ClN2S/c1-2-3-4-5-6-7-8-9-14-20-18(22)21-15-16-10-12-17(19)13-11-16/h10-13H,2-9,14-15H2,1H3,(H2,20,21,22). The number of thiocarbonyl (C=S) groups is 1. The van der Waals surface area contributed by atoms with Gasteiger partial charge in [0.1, 0.15) is 0 Å². The van der Waals surface area contributed by atoms with Crippen molar-refractivity contribution in [3.63, 3.8) is 0 Å². The van der Waals surface area contributed by atoms with Crippen LogP contribution < -0.4 is 10.6 Å². The Bertz CT molecular complexity index is 406. The number of hydrogen-bond donors (Lipinski definition) is 2. The topological polar surface area (TPSA) is 24.1 Å². The second kappa shape index (κ2) is 12.7. The highest BCUT2D eigenvalue weighted by atomic mass is 35.5. The molecule has 0 aliphatic heterocycles. The molecule has 0 atom stereocenters. The molecule has 4 heteroatoms. The van der Waals surface area contributed by atoms with Crippen molar-refractivity contribution in [1.29, 1.82) is 0 Å². The number of halogens is 1. The molecule has 1 rings (SSSR count). The summed E-state index contributed by atoms with van der Waals surface area (Å²) in [5, 5.41) is 7.99. The molecule has 0 radical (unpaired) electrons. The predicted octanol–water partition coefficient (Wildman–Crippen LogP) is 5.44. The van der Waals surface area contributed by atoms with Crippen molar-refractivity contribution in [3.8, 4) is 0 Å². The molecule has 0 spiro atoms. The molecule has 0 heterocycles. The lowest BCUT2D eigenvalue weighted by atomic mass is 10.1. The van der Waals surface area contributed by atoms with Crippen LogP contribution in [-0.4, -0.2) is 11.7 Å². The van der Waals surface area contributed by atoms with Gasteiger partial charge < -0.3 is 10.6 Å². The predicted molar refractivity (Wildman–Crippen MR) is 102 cm³/mol. The first-order chi connectivity index (χ1) is 10.7. The molecule has 0 saturated heterocycles. The number of hydrogen-bond acceptors (Lipinski definition) is 1. The van der Waals surface area contributed by atoms with Crippen LogP contribution in [0, 0.1) is 0 Å². The summed E-state index contributed by atoms with van der Waals surface area (Å²) in [6.07, 6.45) is 10.7. The van der Waals surface area contributed by atoms with Crippen molar-refractivity contribution in [2.45, 2.75) is 64.8 Å². The second-order valence-electron chi connectivity index (χ2n) is 5.71. The monoisotopic (exact) mass is 340 g/mol. The smallest absolute Gasteiger partial charge is 0.166 e. The molecular weight excluding hydrogens is 312 g/mol. The Labute approximate surface area is 146 Å². The minimum absolute atomic E-state index is 0.734. The summed E-state index contributed by atoms with van der Waals surface area (Å²) in [5.74, 6) is 0. The summed E-state index contributed by atoms with van der Waals surface area (Å²) in [7, 11) is 0. The highest BCUT2D eigenvalue weighted by Gasteiger charge is 1.97. The minimum Gasteiger partial charge on any atom is -0.363 e. The van der Waals surface area contributed by atoms with E-state index in [-0.39, 0.29) is 0 Å². The summed E-state index contributed by atoms with van der Waals surface area (Å²) >= 11 is 11.1. The summed E-state index contributed by atoms with van der Waals surface area (Å²) in [4.78, 5) is 0. The van der Waals surface area contributed by atoms with Crippen molar-refractivity contribution in [2.75, 3.05) is 6.54 Å². The lowest BCUT2D eigenvalue weighted by molar-refractivity contribution is 0.572. The van der Waals surface area contributed by atoms with Gasteiger partial charge in [0, 0.05) is 18.1 Å². The van der Waals surface area contributed by atoms with Gasteiger partial charge in [0.05, 0.1) is 0 Å². The molecule has 1 aromatic carbocycles. The van der Waals surface area contributed by atoms with Crippen LogP contribution in [0.15, 0.2) is 24.3 Å². The zero-order chi connectivity index (χ0) is 16.0. The van der Waals surface area contributed by atoms with E-state index in [0.29, 0.717) is 0 Å². The Kier molecular flexibility index (Phi) is 11.1. The average molecular weight is 341 g/mol. The zero-order valence-electron chi connectivity index (χ0n) is 13.7. The molecule has 0 saturated carbocycles. The summed E-state index contributed by atoms with van der Waals surface area (Å²) in [5.41, 5.74) is 1.18. The molecule has 22 heavy (non-hydrogen) atoms. The van der Waals surface area contributed by atoms with Crippen LogP contribution >= 0.6 is 23.8 Å². The summed E-state index contributed by atoms with van der Waals surface area (Å²) in [6.45, 7) is 3.96. The molecule has 0 bridgehead atoms. The van der Waals surface area contributed by atoms with E-state index in [1.807, 2.05) is 24.3 Å². The van der Waals surface area contributed by atoms with Gasteiger partial charge in [0.15, 0.2) is 5.11 Å². The van der Waals surface area contributed by atoms with Gasteiger partial charge in [-0.3, -0.25) is 0 Å². The van der Waals surface area contributed by atoms with Crippen molar-refractivity contribution in [1.82, 2.24) is 10.6 Å². The Hall–Kier alpha value is -0.800. The molecule has 0 aliphatic rings. The molecule has 0 fully saturated rings. The van der Waals surface area contributed by atoms with E-state index in [4.69, 9.17) is 23.8 Å². The third-order valence-corrected chi connectivity index (χ3v) is 4.22. The summed E-state index contributed by atoms with van der Waals surface area (Å²) in [6, 6.07) is 7.82. The first kappa shape index (κ1) is 19.2. The van der Waals surface area contributed by atoms with Crippen molar-refractivity contribution in [2.24, 2.45) is 0 Å². The van der Waals surface area contributed by atoms with Gasteiger partial charge in [-0.05, 0) is 36.3 Å². The Morgan fingerprint density at radius 3 is 2.14 bits per heavy atom. The summed E-state index contributed by atoms with van der Waals surface area (Å²) < 4.78 is 0. The van der Waals surface area contributed by atoms with E-state index in [0.717, 1.165) is 23.2 Å². The van der Waals surface area contributed by atoms with Gasteiger partial charge in [-0.2, -0.15) is 0 Å². The van der Waals surface area contributed by atoms with Crippen LogP contribution in [0.5, 0.6) is 0 Å². The van der Waals surface area contributed by atoms with E-state index in [9.17, 15) is 0 Å². The van der Waals surface area contributed by atoms with Gasteiger partial charge in [0.25, 0.3) is 0 Å². The third-order valence-electron chi connectivity index (χ3n) is 3.68. The quantitative estimate of drug-likeness (QED) is 0.414. The molecule has 0 unspecified atom stereocenters. The van der Waals surface area contributed by atoms with Gasteiger partial charge >= 0.3 is 0 Å².